The zero-order valence-electron chi connectivity index (χ0n) is 17.8. The van der Waals surface area contributed by atoms with Gasteiger partial charge in [0.1, 0.15) is 5.75 Å². The molecule has 5 aromatic rings. The van der Waals surface area contributed by atoms with E-state index in [4.69, 9.17) is 16.3 Å². The van der Waals surface area contributed by atoms with Gasteiger partial charge in [0.05, 0.1) is 10.4 Å². The quantitative estimate of drug-likeness (QED) is 0.247. The smallest absolute Gasteiger partial charge is 0.150 e. The van der Waals surface area contributed by atoms with Gasteiger partial charge in [-0.1, -0.05) is 109 Å². The molecule has 0 saturated carbocycles. The third-order valence-corrected chi connectivity index (χ3v) is 7.29. The summed E-state index contributed by atoms with van der Waals surface area (Å²) in [6.07, 6.45) is 0. The lowest BCUT2D eigenvalue weighted by Crippen LogP contribution is -2.32. The van der Waals surface area contributed by atoms with E-state index in [1.807, 2.05) is 24.3 Å². The molecule has 0 aromatic heterocycles. The number of ether oxygens (including phenoxy) is 1. The molecule has 0 N–H and O–H groups in total. The van der Waals surface area contributed by atoms with Crippen LogP contribution in [0.25, 0.3) is 22.3 Å². The zero-order valence-corrected chi connectivity index (χ0v) is 18.5. The van der Waals surface area contributed by atoms with Crippen LogP contribution in [-0.2, 0) is 5.41 Å². The van der Waals surface area contributed by atoms with Crippen molar-refractivity contribution in [2.75, 3.05) is 0 Å². The Morgan fingerprint density at radius 3 is 1.79 bits per heavy atom. The number of hydrogen-bond donors (Lipinski definition) is 0. The van der Waals surface area contributed by atoms with Gasteiger partial charge in [0.25, 0.3) is 0 Å². The Morgan fingerprint density at radius 2 is 1.09 bits per heavy atom. The fourth-order valence-electron chi connectivity index (χ4n) is 5.71. The molecule has 0 unspecified atom stereocenters. The molecule has 5 aromatic carbocycles. The summed E-state index contributed by atoms with van der Waals surface area (Å²) in [6, 6.07) is 40.5. The number of para-hydroxylation sites is 1. The lowest BCUT2D eigenvalue weighted by Gasteiger charge is -2.40. The van der Waals surface area contributed by atoms with E-state index in [2.05, 4.69) is 91.0 Å². The highest BCUT2D eigenvalue weighted by molar-refractivity contribution is 6.32. The van der Waals surface area contributed by atoms with Gasteiger partial charge in [-0.05, 0) is 51.6 Å². The number of hydrogen-bond acceptors (Lipinski definition) is 1. The van der Waals surface area contributed by atoms with E-state index in [0.29, 0.717) is 5.02 Å². The molecule has 2 aliphatic rings. The minimum absolute atomic E-state index is 0.494. The first-order valence-corrected chi connectivity index (χ1v) is 11.5. The summed E-state index contributed by atoms with van der Waals surface area (Å²) in [5, 5.41) is 0.627. The van der Waals surface area contributed by atoms with Gasteiger partial charge in [0.2, 0.25) is 0 Å². The Balaban J connectivity index is 1.66. The molecule has 156 valence electrons. The number of rotatable bonds is 1. The molecule has 0 atom stereocenters. The Morgan fingerprint density at radius 1 is 0.515 bits per heavy atom. The molecule has 1 aliphatic carbocycles. The Bertz CT molecular complexity index is 1510. The molecule has 0 amide bonds. The summed E-state index contributed by atoms with van der Waals surface area (Å²) in [5.74, 6) is 1.59. The van der Waals surface area contributed by atoms with Crippen LogP contribution in [0.4, 0.5) is 0 Å². The first kappa shape index (κ1) is 18.7. The SMILES string of the molecule is Clc1cc(-c2ccccc2)cc2c1Oc1ccccc1C21c2ccccc2-c2ccccc21. The number of benzene rings is 5. The number of fused-ring (bicyclic) bond motifs is 9. The summed E-state index contributed by atoms with van der Waals surface area (Å²) in [6.45, 7) is 0. The van der Waals surface area contributed by atoms with Crippen molar-refractivity contribution in [1.29, 1.82) is 0 Å². The van der Waals surface area contributed by atoms with E-state index in [1.54, 1.807) is 0 Å². The second-order valence-corrected chi connectivity index (χ2v) is 9.05. The summed E-state index contributed by atoms with van der Waals surface area (Å²) in [5.41, 5.74) is 9.02. The van der Waals surface area contributed by atoms with E-state index in [-0.39, 0.29) is 0 Å². The van der Waals surface area contributed by atoms with Crippen LogP contribution in [-0.4, -0.2) is 0 Å². The highest BCUT2D eigenvalue weighted by Gasteiger charge is 2.51. The highest BCUT2D eigenvalue weighted by atomic mass is 35.5. The Hall–Kier alpha value is -3.81. The first-order valence-electron chi connectivity index (χ1n) is 11.1. The Labute approximate surface area is 197 Å². The van der Waals surface area contributed by atoms with Gasteiger partial charge in [0.15, 0.2) is 5.75 Å². The second kappa shape index (κ2) is 6.84. The fourth-order valence-corrected chi connectivity index (χ4v) is 5.97. The molecule has 33 heavy (non-hydrogen) atoms. The average molecular weight is 443 g/mol. The van der Waals surface area contributed by atoms with Gasteiger partial charge in [-0.15, -0.1) is 0 Å². The van der Waals surface area contributed by atoms with Crippen molar-refractivity contribution in [3.8, 4) is 33.8 Å². The van der Waals surface area contributed by atoms with E-state index >= 15 is 0 Å². The molecular formula is C31H19ClO. The molecule has 0 radical (unpaired) electrons. The third kappa shape index (κ3) is 2.43. The third-order valence-electron chi connectivity index (χ3n) is 7.01. The van der Waals surface area contributed by atoms with Crippen molar-refractivity contribution in [2.24, 2.45) is 0 Å². The number of halogens is 1. The highest BCUT2D eigenvalue weighted by Crippen LogP contribution is 2.63. The molecule has 1 nitrogen and oxygen atoms in total. The molecule has 1 heterocycles. The van der Waals surface area contributed by atoms with Gasteiger partial charge in [0, 0.05) is 11.1 Å². The van der Waals surface area contributed by atoms with Crippen LogP contribution in [0.2, 0.25) is 5.02 Å². The molecule has 0 fully saturated rings. The van der Waals surface area contributed by atoms with Gasteiger partial charge < -0.3 is 4.74 Å². The monoisotopic (exact) mass is 442 g/mol. The van der Waals surface area contributed by atoms with Gasteiger partial charge >= 0.3 is 0 Å². The summed E-state index contributed by atoms with van der Waals surface area (Å²) in [7, 11) is 0. The van der Waals surface area contributed by atoms with Crippen molar-refractivity contribution in [3.05, 3.63) is 143 Å². The van der Waals surface area contributed by atoms with E-state index < -0.39 is 5.41 Å². The molecule has 2 heteroatoms. The average Bonchev–Trinajstić information content (AvgIpc) is 3.17. The van der Waals surface area contributed by atoms with Gasteiger partial charge in [-0.2, -0.15) is 0 Å². The Kier molecular flexibility index (Phi) is 3.88. The van der Waals surface area contributed by atoms with Crippen molar-refractivity contribution >= 4 is 11.6 Å². The van der Waals surface area contributed by atoms with Crippen molar-refractivity contribution in [1.82, 2.24) is 0 Å². The minimum Gasteiger partial charge on any atom is -0.455 e. The van der Waals surface area contributed by atoms with Crippen LogP contribution in [0.15, 0.2) is 115 Å². The second-order valence-electron chi connectivity index (χ2n) is 8.64. The molecular weight excluding hydrogens is 424 g/mol. The topological polar surface area (TPSA) is 9.23 Å². The van der Waals surface area contributed by atoms with Crippen LogP contribution in [0.5, 0.6) is 11.5 Å². The fraction of sp³-hybridized carbons (Fsp3) is 0.0323. The van der Waals surface area contributed by atoms with Crippen LogP contribution in [0, 0.1) is 0 Å². The molecule has 0 bridgehead atoms. The van der Waals surface area contributed by atoms with Crippen molar-refractivity contribution in [2.45, 2.75) is 5.41 Å². The summed E-state index contributed by atoms with van der Waals surface area (Å²) in [4.78, 5) is 0. The normalized spacial score (nSPS) is 14.1. The maximum atomic E-state index is 6.95. The van der Waals surface area contributed by atoms with Crippen molar-refractivity contribution < 1.29 is 4.74 Å². The molecule has 1 spiro atoms. The standard InChI is InChI=1S/C31H19ClO/c32-28-19-21(20-10-2-1-3-11-20)18-27-30(28)33-29-17-9-8-16-26(29)31(27)24-14-6-4-12-22(24)23-13-5-7-15-25(23)31/h1-19H. The van der Waals surface area contributed by atoms with Crippen LogP contribution >= 0.6 is 11.6 Å². The van der Waals surface area contributed by atoms with Crippen molar-refractivity contribution in [3.63, 3.8) is 0 Å². The van der Waals surface area contributed by atoms with E-state index in [9.17, 15) is 0 Å². The molecule has 0 saturated heterocycles. The predicted molar refractivity (Wildman–Crippen MR) is 134 cm³/mol. The lowest BCUT2D eigenvalue weighted by molar-refractivity contribution is 0.436. The first-order chi connectivity index (χ1) is 16.3. The van der Waals surface area contributed by atoms with Crippen LogP contribution < -0.4 is 4.74 Å². The predicted octanol–water partition coefficient (Wildman–Crippen LogP) is 8.48. The molecule has 1 aliphatic heterocycles. The zero-order chi connectivity index (χ0) is 22.0. The van der Waals surface area contributed by atoms with Crippen LogP contribution in [0.1, 0.15) is 22.3 Å². The van der Waals surface area contributed by atoms with E-state index in [1.165, 1.54) is 22.3 Å². The van der Waals surface area contributed by atoms with E-state index in [0.717, 1.165) is 33.8 Å². The maximum absolute atomic E-state index is 6.95. The summed E-state index contributed by atoms with van der Waals surface area (Å²) >= 11 is 6.95. The van der Waals surface area contributed by atoms with Gasteiger partial charge in [-0.25, -0.2) is 0 Å². The largest absolute Gasteiger partial charge is 0.455 e. The maximum Gasteiger partial charge on any atom is 0.150 e. The van der Waals surface area contributed by atoms with Gasteiger partial charge in [-0.3, -0.25) is 0 Å². The van der Waals surface area contributed by atoms with Crippen LogP contribution in [0.3, 0.4) is 0 Å². The lowest BCUT2D eigenvalue weighted by atomic mass is 9.65. The summed E-state index contributed by atoms with van der Waals surface area (Å²) < 4.78 is 6.48. The molecule has 7 rings (SSSR count). The minimum atomic E-state index is -0.494.